The van der Waals surface area contributed by atoms with Gasteiger partial charge in [0.05, 0.1) is 5.56 Å². The molecule has 0 aliphatic carbocycles. The summed E-state index contributed by atoms with van der Waals surface area (Å²) in [6.07, 6.45) is -4.29. The fraction of sp³-hybridized carbons (Fsp3) is 0.0769. The first-order valence-electron chi connectivity index (χ1n) is 9.82. The summed E-state index contributed by atoms with van der Waals surface area (Å²) in [5.41, 5.74) is -0.699. The van der Waals surface area contributed by atoms with Crippen molar-refractivity contribution in [2.75, 3.05) is 0 Å². The van der Waals surface area contributed by atoms with Gasteiger partial charge in [-0.05, 0) is 48.5 Å². The molecule has 0 saturated carbocycles. The van der Waals surface area contributed by atoms with E-state index in [2.05, 4.69) is 0 Å². The van der Waals surface area contributed by atoms with Gasteiger partial charge < -0.3 is 0 Å². The van der Waals surface area contributed by atoms with E-state index >= 15 is 0 Å². The highest BCUT2D eigenvalue weighted by atomic mass is 31.2. The van der Waals surface area contributed by atoms with Crippen LogP contribution in [0, 0.1) is 5.82 Å². The molecule has 0 spiro atoms. The highest BCUT2D eigenvalue weighted by Gasteiger charge is 2.46. The van der Waals surface area contributed by atoms with E-state index in [4.69, 9.17) is 0 Å². The van der Waals surface area contributed by atoms with Gasteiger partial charge in [0, 0.05) is 5.56 Å². The average Bonchev–Trinajstić information content (AvgIpc) is 2.79. The van der Waals surface area contributed by atoms with Gasteiger partial charge in [-0.3, -0.25) is 0 Å². The highest BCUT2D eigenvalue weighted by Crippen LogP contribution is 2.58. The van der Waals surface area contributed by atoms with E-state index < -0.39 is 24.8 Å². The van der Waals surface area contributed by atoms with Crippen LogP contribution < -0.4 is 15.9 Å². The molecular weight excluding hydrogens is 419 g/mol. The Bertz CT molecular complexity index is 1040. The van der Waals surface area contributed by atoms with Crippen LogP contribution in [-0.4, -0.2) is 0 Å². The smallest absolute Gasteiger partial charge is 0.207 e. The first-order chi connectivity index (χ1) is 14.9. The van der Waals surface area contributed by atoms with E-state index in [0.717, 1.165) is 22.0 Å². The minimum absolute atomic E-state index is 0.276. The summed E-state index contributed by atoms with van der Waals surface area (Å²) in [5.74, 6) is -0.831. The van der Waals surface area contributed by atoms with E-state index in [0.29, 0.717) is 6.07 Å². The van der Waals surface area contributed by atoms with Gasteiger partial charge >= 0.3 is 6.18 Å². The largest absolute Gasteiger partial charge is 0.416 e. The molecule has 0 heterocycles. The van der Waals surface area contributed by atoms with Gasteiger partial charge in [-0.25, -0.2) is 4.39 Å². The molecule has 4 aromatic rings. The number of hydrogen-bond acceptors (Lipinski definition) is 0. The van der Waals surface area contributed by atoms with Crippen molar-refractivity contribution in [3.63, 3.8) is 0 Å². The summed E-state index contributed by atoms with van der Waals surface area (Å²) in [4.78, 5) is 0. The molecule has 0 bridgehead atoms. The summed E-state index contributed by atoms with van der Waals surface area (Å²) in [6, 6.07) is 32.4. The van der Waals surface area contributed by atoms with E-state index in [1.54, 1.807) is 0 Å². The third kappa shape index (κ3) is 4.26. The standard InChI is InChI=1S/C26H20F4P/c27-25-18-21(26(28,29)30)17-16-20(25)19-31(22-10-4-1-5-11-22,23-12-6-2-7-13-23)24-14-8-3-9-15-24/h1-18H,19H2/q+1. The Labute approximate surface area is 179 Å². The molecular formula is C26H20F4P+. The molecule has 156 valence electrons. The Kier molecular flexibility index (Phi) is 5.93. The van der Waals surface area contributed by atoms with Crippen molar-refractivity contribution < 1.29 is 17.6 Å². The van der Waals surface area contributed by atoms with Crippen LogP contribution in [0.4, 0.5) is 17.6 Å². The maximum Gasteiger partial charge on any atom is 0.416 e. The predicted octanol–water partition coefficient (Wildman–Crippen LogP) is 6.34. The van der Waals surface area contributed by atoms with Crippen molar-refractivity contribution in [1.82, 2.24) is 0 Å². The molecule has 4 aromatic carbocycles. The molecule has 0 radical (unpaired) electrons. The second-order valence-corrected chi connectivity index (χ2v) is 10.8. The van der Waals surface area contributed by atoms with E-state index in [1.165, 1.54) is 6.07 Å². The summed E-state index contributed by atoms with van der Waals surface area (Å²) in [5, 5.41) is 3.14. The van der Waals surface area contributed by atoms with Crippen molar-refractivity contribution in [3.05, 3.63) is 126 Å². The molecule has 4 rings (SSSR count). The van der Waals surface area contributed by atoms with E-state index in [9.17, 15) is 17.6 Å². The van der Waals surface area contributed by atoms with E-state index in [1.807, 2.05) is 91.0 Å². The second-order valence-electron chi connectivity index (χ2n) is 7.28. The zero-order chi connectivity index (χ0) is 21.9. The van der Waals surface area contributed by atoms with Crippen LogP contribution in [0.15, 0.2) is 109 Å². The van der Waals surface area contributed by atoms with Gasteiger partial charge in [-0.1, -0.05) is 60.7 Å². The maximum absolute atomic E-state index is 15.0. The van der Waals surface area contributed by atoms with Crippen LogP contribution in [0.1, 0.15) is 11.1 Å². The number of halogens is 4. The normalized spacial score (nSPS) is 12.0. The molecule has 5 heteroatoms. The van der Waals surface area contributed by atoms with Gasteiger partial charge in [-0.15, -0.1) is 0 Å². The SMILES string of the molecule is Fc1cc(C(F)(F)F)ccc1C[P+](c1ccccc1)(c1ccccc1)c1ccccc1. The lowest BCUT2D eigenvalue weighted by molar-refractivity contribution is -0.137. The van der Waals surface area contributed by atoms with Gasteiger partial charge in [0.1, 0.15) is 35.2 Å². The van der Waals surface area contributed by atoms with Gasteiger partial charge in [0.15, 0.2) is 0 Å². The number of alkyl halides is 3. The zero-order valence-corrected chi connectivity index (χ0v) is 17.5. The van der Waals surface area contributed by atoms with Gasteiger partial charge in [0.2, 0.25) is 0 Å². The first kappa shape index (κ1) is 21.3. The summed E-state index contributed by atoms with van der Waals surface area (Å²) in [6.45, 7) is 0. The van der Waals surface area contributed by atoms with Gasteiger partial charge in [0.25, 0.3) is 0 Å². The number of benzene rings is 4. The molecule has 0 aliphatic heterocycles. The molecule has 0 saturated heterocycles. The fourth-order valence-electron chi connectivity index (χ4n) is 3.88. The molecule has 0 nitrogen and oxygen atoms in total. The molecule has 0 unspecified atom stereocenters. The number of rotatable bonds is 5. The van der Waals surface area contributed by atoms with Crippen LogP contribution in [-0.2, 0) is 12.3 Å². The quantitative estimate of drug-likeness (QED) is 0.252. The van der Waals surface area contributed by atoms with Crippen molar-refractivity contribution in [2.24, 2.45) is 0 Å². The topological polar surface area (TPSA) is 0 Å². The van der Waals surface area contributed by atoms with Crippen molar-refractivity contribution in [2.45, 2.75) is 12.3 Å². The monoisotopic (exact) mass is 439 g/mol. The summed E-state index contributed by atoms with van der Waals surface area (Å²) in [7, 11) is -2.38. The first-order valence-corrected chi connectivity index (χ1v) is 11.8. The van der Waals surface area contributed by atoms with Crippen molar-refractivity contribution in [3.8, 4) is 0 Å². The third-order valence-electron chi connectivity index (χ3n) is 5.38. The summed E-state index contributed by atoms with van der Waals surface area (Å²) >= 11 is 0. The molecule has 0 fully saturated rings. The third-order valence-corrected chi connectivity index (χ3v) is 9.73. The van der Waals surface area contributed by atoms with Crippen LogP contribution in [0.2, 0.25) is 0 Å². The van der Waals surface area contributed by atoms with Crippen LogP contribution in [0.3, 0.4) is 0 Å². The highest BCUT2D eigenvalue weighted by molar-refractivity contribution is 7.95. The zero-order valence-electron chi connectivity index (χ0n) is 16.6. The van der Waals surface area contributed by atoms with Crippen LogP contribution in [0.25, 0.3) is 0 Å². The van der Waals surface area contributed by atoms with Crippen molar-refractivity contribution in [1.29, 1.82) is 0 Å². The molecule has 0 N–H and O–H groups in total. The Morgan fingerprint density at radius 2 is 1.00 bits per heavy atom. The second kappa shape index (κ2) is 8.64. The molecule has 0 aliphatic rings. The molecule has 0 aromatic heterocycles. The van der Waals surface area contributed by atoms with Crippen LogP contribution in [0.5, 0.6) is 0 Å². The molecule has 31 heavy (non-hydrogen) atoms. The average molecular weight is 439 g/mol. The minimum Gasteiger partial charge on any atom is -0.207 e. The van der Waals surface area contributed by atoms with Gasteiger partial charge in [-0.2, -0.15) is 13.2 Å². The Balaban J connectivity index is 1.95. The van der Waals surface area contributed by atoms with E-state index in [-0.39, 0.29) is 11.7 Å². The van der Waals surface area contributed by atoms with Crippen LogP contribution >= 0.6 is 7.26 Å². The lowest BCUT2D eigenvalue weighted by Gasteiger charge is -2.28. The Morgan fingerprint density at radius 1 is 0.581 bits per heavy atom. The van der Waals surface area contributed by atoms with Crippen molar-refractivity contribution >= 4 is 23.2 Å². The minimum atomic E-state index is -4.58. The Hall–Kier alpha value is -2.97. The predicted molar refractivity (Wildman–Crippen MR) is 120 cm³/mol. The lowest BCUT2D eigenvalue weighted by Crippen LogP contribution is -2.32. The molecule has 0 atom stereocenters. The Morgan fingerprint density at radius 3 is 1.35 bits per heavy atom. The number of hydrogen-bond donors (Lipinski definition) is 0. The summed E-state index contributed by atoms with van der Waals surface area (Å²) < 4.78 is 54.2. The molecule has 0 amide bonds. The lowest BCUT2D eigenvalue weighted by atomic mass is 10.1. The fourth-order valence-corrected chi connectivity index (χ4v) is 8.13. The maximum atomic E-state index is 15.0.